The third-order valence-electron chi connectivity index (χ3n) is 2.41. The predicted octanol–water partition coefficient (Wildman–Crippen LogP) is 2.53. The molecule has 3 heteroatoms. The van der Waals surface area contributed by atoms with Gasteiger partial charge in [0, 0.05) is 5.02 Å². The van der Waals surface area contributed by atoms with Gasteiger partial charge in [0.15, 0.2) is 0 Å². The quantitative estimate of drug-likeness (QED) is 0.750. The predicted molar refractivity (Wildman–Crippen MR) is 50.4 cm³/mol. The third-order valence-corrected chi connectivity index (χ3v) is 2.74. The van der Waals surface area contributed by atoms with Crippen molar-refractivity contribution in [3.8, 4) is 0 Å². The molecule has 0 saturated heterocycles. The summed E-state index contributed by atoms with van der Waals surface area (Å²) in [5.74, 6) is -0.906. The molecule has 0 radical (unpaired) electrons. The number of rotatable bonds is 1. The first-order valence-corrected chi connectivity index (χ1v) is 4.61. The lowest BCUT2D eigenvalue weighted by Crippen LogP contribution is -1.98. The molecule has 0 amide bonds. The van der Waals surface area contributed by atoms with Crippen LogP contribution in [0.25, 0.3) is 0 Å². The van der Waals surface area contributed by atoms with Gasteiger partial charge in [0.05, 0.1) is 5.56 Å². The largest absolute Gasteiger partial charge is 0.478 e. The van der Waals surface area contributed by atoms with E-state index in [1.165, 1.54) is 6.07 Å². The Labute approximate surface area is 81.1 Å². The lowest BCUT2D eigenvalue weighted by atomic mass is 10.1. The lowest BCUT2D eigenvalue weighted by Gasteiger charge is -2.03. The van der Waals surface area contributed by atoms with Gasteiger partial charge >= 0.3 is 5.97 Å². The van der Waals surface area contributed by atoms with Crippen LogP contribution in [0, 0.1) is 0 Å². The number of hydrogen-bond acceptors (Lipinski definition) is 1. The second-order valence-electron chi connectivity index (χ2n) is 3.25. The number of fused-ring (bicyclic) bond motifs is 1. The van der Waals surface area contributed by atoms with Crippen LogP contribution >= 0.6 is 11.6 Å². The van der Waals surface area contributed by atoms with Gasteiger partial charge in [-0.15, -0.1) is 0 Å². The maximum atomic E-state index is 10.7. The summed E-state index contributed by atoms with van der Waals surface area (Å²) in [6, 6.07) is 3.27. The molecular weight excluding hydrogens is 188 g/mol. The number of carboxylic acids is 1. The molecule has 1 aromatic carbocycles. The average Bonchev–Trinajstić information content (AvgIpc) is 2.51. The van der Waals surface area contributed by atoms with E-state index in [0.29, 0.717) is 10.6 Å². The van der Waals surface area contributed by atoms with Crippen LogP contribution in [-0.4, -0.2) is 11.1 Å². The highest BCUT2D eigenvalue weighted by Gasteiger charge is 2.17. The Hall–Kier alpha value is -1.02. The van der Waals surface area contributed by atoms with Crippen molar-refractivity contribution >= 4 is 17.6 Å². The summed E-state index contributed by atoms with van der Waals surface area (Å²) >= 11 is 5.96. The second-order valence-corrected chi connectivity index (χ2v) is 3.66. The van der Waals surface area contributed by atoms with E-state index in [2.05, 4.69) is 0 Å². The van der Waals surface area contributed by atoms with Gasteiger partial charge in [0.2, 0.25) is 0 Å². The van der Waals surface area contributed by atoms with E-state index >= 15 is 0 Å². The van der Waals surface area contributed by atoms with Crippen LogP contribution in [0.2, 0.25) is 5.02 Å². The van der Waals surface area contributed by atoms with Gasteiger partial charge in [0.25, 0.3) is 0 Å². The summed E-state index contributed by atoms with van der Waals surface area (Å²) in [5, 5.41) is 9.39. The van der Waals surface area contributed by atoms with Gasteiger partial charge in [-0.1, -0.05) is 11.6 Å². The first-order chi connectivity index (χ1) is 6.18. The molecule has 0 atom stereocenters. The minimum atomic E-state index is -0.906. The zero-order valence-electron chi connectivity index (χ0n) is 7.01. The van der Waals surface area contributed by atoms with E-state index in [1.54, 1.807) is 6.07 Å². The van der Waals surface area contributed by atoms with Crippen LogP contribution in [0.3, 0.4) is 0 Å². The molecule has 68 valence electrons. The lowest BCUT2D eigenvalue weighted by molar-refractivity contribution is 0.0697. The van der Waals surface area contributed by atoms with Gasteiger partial charge < -0.3 is 5.11 Å². The SMILES string of the molecule is O=C(O)c1cc(Cl)c2c(c1)CCC2. The molecule has 0 aromatic heterocycles. The summed E-state index contributed by atoms with van der Waals surface area (Å²) in [5.41, 5.74) is 2.53. The number of carboxylic acid groups (broad SMARTS) is 1. The Morgan fingerprint density at radius 2 is 2.15 bits per heavy atom. The van der Waals surface area contributed by atoms with Gasteiger partial charge in [0.1, 0.15) is 0 Å². The second kappa shape index (κ2) is 3.04. The fraction of sp³-hybridized carbons (Fsp3) is 0.300. The van der Waals surface area contributed by atoms with E-state index in [4.69, 9.17) is 16.7 Å². The van der Waals surface area contributed by atoms with Crippen LogP contribution < -0.4 is 0 Å². The maximum absolute atomic E-state index is 10.7. The van der Waals surface area contributed by atoms with Crippen LogP contribution in [-0.2, 0) is 12.8 Å². The van der Waals surface area contributed by atoms with Gasteiger partial charge in [-0.2, -0.15) is 0 Å². The number of benzene rings is 1. The summed E-state index contributed by atoms with van der Waals surface area (Å²) < 4.78 is 0. The van der Waals surface area contributed by atoms with Crippen LogP contribution in [0.5, 0.6) is 0 Å². The number of aromatic carboxylic acids is 1. The van der Waals surface area contributed by atoms with Gasteiger partial charge in [-0.05, 0) is 42.5 Å². The van der Waals surface area contributed by atoms with Gasteiger partial charge in [-0.25, -0.2) is 4.79 Å². The molecule has 0 aliphatic heterocycles. The van der Waals surface area contributed by atoms with E-state index in [0.717, 1.165) is 30.4 Å². The number of carbonyl (C=O) groups is 1. The monoisotopic (exact) mass is 196 g/mol. The number of halogens is 1. The average molecular weight is 197 g/mol. The van der Waals surface area contributed by atoms with Crippen molar-refractivity contribution in [1.29, 1.82) is 0 Å². The Morgan fingerprint density at radius 1 is 1.38 bits per heavy atom. The highest BCUT2D eigenvalue weighted by atomic mass is 35.5. The number of hydrogen-bond donors (Lipinski definition) is 1. The van der Waals surface area contributed by atoms with Crippen LogP contribution in [0.1, 0.15) is 27.9 Å². The zero-order valence-corrected chi connectivity index (χ0v) is 7.77. The molecule has 0 heterocycles. The topological polar surface area (TPSA) is 37.3 Å². The summed E-state index contributed by atoms with van der Waals surface area (Å²) in [7, 11) is 0. The van der Waals surface area contributed by atoms with Crippen molar-refractivity contribution in [3.05, 3.63) is 33.8 Å². The fourth-order valence-corrected chi connectivity index (χ4v) is 2.11. The molecule has 0 bridgehead atoms. The Bertz CT molecular complexity index is 371. The Balaban J connectivity index is 2.55. The smallest absolute Gasteiger partial charge is 0.335 e. The van der Waals surface area contributed by atoms with E-state index in [-0.39, 0.29) is 0 Å². The van der Waals surface area contributed by atoms with Crippen molar-refractivity contribution in [2.75, 3.05) is 0 Å². The summed E-state index contributed by atoms with van der Waals surface area (Å²) in [6.45, 7) is 0. The summed E-state index contributed by atoms with van der Waals surface area (Å²) in [6.07, 6.45) is 3.02. The zero-order chi connectivity index (χ0) is 9.42. The van der Waals surface area contributed by atoms with Crippen molar-refractivity contribution < 1.29 is 9.90 Å². The molecule has 0 saturated carbocycles. The Morgan fingerprint density at radius 3 is 2.85 bits per heavy atom. The molecule has 1 aromatic rings. The van der Waals surface area contributed by atoms with Crippen molar-refractivity contribution in [1.82, 2.24) is 0 Å². The van der Waals surface area contributed by atoms with E-state index in [1.807, 2.05) is 0 Å². The van der Waals surface area contributed by atoms with Crippen molar-refractivity contribution in [3.63, 3.8) is 0 Å². The molecule has 0 spiro atoms. The van der Waals surface area contributed by atoms with Crippen molar-refractivity contribution in [2.45, 2.75) is 19.3 Å². The maximum Gasteiger partial charge on any atom is 0.335 e. The minimum Gasteiger partial charge on any atom is -0.478 e. The molecule has 0 unspecified atom stereocenters. The van der Waals surface area contributed by atoms with Gasteiger partial charge in [-0.3, -0.25) is 0 Å². The Kier molecular flexibility index (Phi) is 2.00. The molecule has 13 heavy (non-hydrogen) atoms. The van der Waals surface area contributed by atoms with Crippen molar-refractivity contribution in [2.24, 2.45) is 0 Å². The molecule has 2 nitrogen and oxygen atoms in total. The molecule has 1 aliphatic rings. The van der Waals surface area contributed by atoms with E-state index in [9.17, 15) is 4.79 Å². The normalized spacial score (nSPS) is 14.2. The standard InChI is InChI=1S/C10H9ClO2/c11-9-5-7(10(12)13)4-6-2-1-3-8(6)9/h4-5H,1-3H2,(H,12,13). The third kappa shape index (κ3) is 1.42. The molecule has 2 rings (SSSR count). The molecular formula is C10H9ClO2. The number of aryl methyl sites for hydroxylation is 1. The van der Waals surface area contributed by atoms with Crippen LogP contribution in [0.4, 0.5) is 0 Å². The van der Waals surface area contributed by atoms with E-state index < -0.39 is 5.97 Å². The summed E-state index contributed by atoms with van der Waals surface area (Å²) in [4.78, 5) is 10.7. The highest BCUT2D eigenvalue weighted by molar-refractivity contribution is 6.31. The highest BCUT2D eigenvalue weighted by Crippen LogP contribution is 2.30. The first kappa shape index (κ1) is 8.57. The first-order valence-electron chi connectivity index (χ1n) is 4.23. The minimum absolute atomic E-state index is 0.297. The molecule has 1 N–H and O–H groups in total. The molecule has 0 fully saturated rings. The fourth-order valence-electron chi connectivity index (χ4n) is 1.78. The molecule has 1 aliphatic carbocycles. The van der Waals surface area contributed by atoms with Crippen LogP contribution in [0.15, 0.2) is 12.1 Å².